The highest BCUT2D eigenvalue weighted by Gasteiger charge is 2.35. The van der Waals surface area contributed by atoms with E-state index >= 15 is 0 Å². The molecular weight excluding hydrogens is 377 g/mol. The highest BCUT2D eigenvalue weighted by molar-refractivity contribution is 7.89. The highest BCUT2D eigenvalue weighted by Crippen LogP contribution is 2.33. The Morgan fingerprint density at radius 2 is 2.00 bits per heavy atom. The van der Waals surface area contributed by atoms with Crippen LogP contribution in [-0.4, -0.2) is 54.1 Å². The van der Waals surface area contributed by atoms with Gasteiger partial charge in [-0.3, -0.25) is 0 Å². The van der Waals surface area contributed by atoms with Crippen LogP contribution >= 0.6 is 0 Å². The first-order valence-electron chi connectivity index (χ1n) is 7.26. The van der Waals surface area contributed by atoms with Gasteiger partial charge in [-0.05, 0) is 6.92 Å². The lowest BCUT2D eigenvalue weighted by Gasteiger charge is -2.12. The number of ether oxygens (including phenoxy) is 1. The molecule has 0 atom stereocenters. The van der Waals surface area contributed by atoms with E-state index in [1.54, 1.807) is 0 Å². The number of nitrogens with zero attached hydrogens (tertiary/aromatic N) is 4. The van der Waals surface area contributed by atoms with Gasteiger partial charge in [0.2, 0.25) is 5.95 Å². The number of hydrogen-bond donors (Lipinski definition) is 2. The van der Waals surface area contributed by atoms with Crippen molar-refractivity contribution in [3.05, 3.63) is 23.7 Å². The van der Waals surface area contributed by atoms with E-state index in [0.29, 0.717) is 6.20 Å². The van der Waals surface area contributed by atoms with Crippen molar-refractivity contribution in [1.29, 1.82) is 0 Å². The Bertz CT molecular complexity index is 882. The molecule has 0 saturated carbocycles. The fourth-order valence-corrected chi connectivity index (χ4v) is 3.29. The van der Waals surface area contributed by atoms with E-state index < -0.39 is 27.6 Å². The fourth-order valence-electron chi connectivity index (χ4n) is 2.03. The lowest BCUT2D eigenvalue weighted by molar-refractivity contribution is -0.137. The van der Waals surface area contributed by atoms with E-state index in [0.717, 1.165) is 4.09 Å². The summed E-state index contributed by atoms with van der Waals surface area (Å²) in [6.45, 7) is 1.49. The summed E-state index contributed by atoms with van der Waals surface area (Å²) in [6, 6.07) is 0. The van der Waals surface area contributed by atoms with Crippen LogP contribution in [0.4, 0.5) is 30.6 Å². The molecule has 2 aromatic heterocycles. The van der Waals surface area contributed by atoms with Crippen LogP contribution in [0.15, 0.2) is 12.4 Å². The summed E-state index contributed by atoms with van der Waals surface area (Å²) in [5, 5.41) is 8.81. The van der Waals surface area contributed by atoms with E-state index in [-0.39, 0.29) is 29.7 Å². The molecule has 0 saturated heterocycles. The van der Waals surface area contributed by atoms with Gasteiger partial charge in [0.25, 0.3) is 10.0 Å². The number of alkyl halides is 3. The van der Waals surface area contributed by atoms with Crippen molar-refractivity contribution in [3.63, 3.8) is 0 Å². The molecule has 0 radical (unpaired) electrons. The second-order valence-electron chi connectivity index (χ2n) is 5.12. The number of methoxy groups -OCH3 is 1. The summed E-state index contributed by atoms with van der Waals surface area (Å²) < 4.78 is 68.5. The maximum atomic E-state index is 12.9. The van der Waals surface area contributed by atoms with Gasteiger partial charge < -0.3 is 15.4 Å². The summed E-state index contributed by atoms with van der Waals surface area (Å²) in [6.07, 6.45) is -2.75. The molecule has 0 aliphatic rings. The summed E-state index contributed by atoms with van der Waals surface area (Å²) in [5.41, 5.74) is -0.538. The van der Waals surface area contributed by atoms with E-state index in [4.69, 9.17) is 4.74 Å². The third-order valence-corrected chi connectivity index (χ3v) is 4.93. The Labute approximate surface area is 147 Å². The molecule has 2 heterocycles. The molecule has 0 fully saturated rings. The van der Waals surface area contributed by atoms with Gasteiger partial charge in [-0.2, -0.15) is 27.3 Å². The van der Waals surface area contributed by atoms with Crippen molar-refractivity contribution in [2.45, 2.75) is 13.1 Å². The molecule has 2 rings (SSSR count). The van der Waals surface area contributed by atoms with Crippen LogP contribution in [0, 0.1) is 6.92 Å². The second kappa shape index (κ2) is 7.45. The predicted octanol–water partition coefficient (Wildman–Crippen LogP) is 1.61. The van der Waals surface area contributed by atoms with Crippen molar-refractivity contribution in [2.75, 3.05) is 37.2 Å². The van der Waals surface area contributed by atoms with E-state index in [2.05, 4.69) is 25.7 Å². The van der Waals surface area contributed by atoms with E-state index in [9.17, 15) is 21.6 Å². The Morgan fingerprint density at radius 1 is 1.31 bits per heavy atom. The fraction of sp³-hybridized carbons (Fsp3) is 0.462. The van der Waals surface area contributed by atoms with Crippen LogP contribution in [0.2, 0.25) is 0 Å². The second-order valence-corrected chi connectivity index (χ2v) is 7.04. The Morgan fingerprint density at radius 3 is 2.58 bits per heavy atom. The summed E-state index contributed by atoms with van der Waals surface area (Å²) >= 11 is 0. The molecule has 2 N–H and O–H groups in total. The van der Waals surface area contributed by atoms with E-state index in [1.165, 1.54) is 27.3 Å². The van der Waals surface area contributed by atoms with Crippen LogP contribution in [0.5, 0.6) is 0 Å². The molecule has 0 aliphatic heterocycles. The van der Waals surface area contributed by atoms with Gasteiger partial charge in [-0.1, -0.05) is 0 Å². The van der Waals surface area contributed by atoms with Crippen molar-refractivity contribution < 1.29 is 26.3 Å². The molecular formula is C13H17F3N6O3S. The average molecular weight is 394 g/mol. The molecule has 0 unspecified atom stereocenters. The SMILES string of the molecule is CNc1nc(Nc2cnn(S(=O)(=O)CCOC)c2C)ncc1C(F)(F)F. The normalized spacial score (nSPS) is 12.2. The number of aromatic nitrogens is 4. The Hall–Kier alpha value is -2.41. The number of anilines is 3. The van der Waals surface area contributed by atoms with Crippen molar-refractivity contribution >= 4 is 27.5 Å². The Kier molecular flexibility index (Phi) is 5.71. The van der Waals surface area contributed by atoms with Crippen LogP contribution < -0.4 is 10.6 Å². The maximum Gasteiger partial charge on any atom is 0.421 e. The predicted molar refractivity (Wildman–Crippen MR) is 87.9 cm³/mol. The molecule has 26 heavy (non-hydrogen) atoms. The molecule has 144 valence electrons. The first-order chi connectivity index (χ1) is 12.1. The van der Waals surface area contributed by atoms with Gasteiger partial charge in [0, 0.05) is 20.4 Å². The van der Waals surface area contributed by atoms with Gasteiger partial charge in [0.05, 0.1) is 29.9 Å². The zero-order chi connectivity index (χ0) is 19.5. The number of nitrogens with one attached hydrogen (secondary N) is 2. The largest absolute Gasteiger partial charge is 0.421 e. The zero-order valence-electron chi connectivity index (χ0n) is 14.1. The van der Waals surface area contributed by atoms with Crippen LogP contribution in [0.25, 0.3) is 0 Å². The molecule has 9 nitrogen and oxygen atoms in total. The summed E-state index contributed by atoms with van der Waals surface area (Å²) in [4.78, 5) is 7.38. The lowest BCUT2D eigenvalue weighted by atomic mass is 10.3. The maximum absolute atomic E-state index is 12.9. The smallest absolute Gasteiger partial charge is 0.384 e. The zero-order valence-corrected chi connectivity index (χ0v) is 14.9. The third-order valence-electron chi connectivity index (χ3n) is 3.35. The molecule has 0 amide bonds. The lowest BCUT2D eigenvalue weighted by Crippen LogP contribution is -2.22. The number of halogens is 3. The molecule has 0 aromatic carbocycles. The molecule has 2 aromatic rings. The van der Waals surface area contributed by atoms with Crippen molar-refractivity contribution in [1.82, 2.24) is 19.2 Å². The average Bonchev–Trinajstić information content (AvgIpc) is 2.93. The van der Waals surface area contributed by atoms with Crippen LogP contribution in [0.3, 0.4) is 0 Å². The van der Waals surface area contributed by atoms with Gasteiger partial charge in [-0.15, -0.1) is 0 Å². The van der Waals surface area contributed by atoms with Gasteiger partial charge in [0.15, 0.2) is 0 Å². The standard InChI is InChI=1S/C13H17F3N6O3S/c1-8-10(7-19-22(8)26(23,24)5-4-25-3)20-12-18-6-9(13(14,15)16)11(17-2)21-12/h6-7H,4-5H2,1-3H3,(H2,17,18,20,21). The quantitative estimate of drug-likeness (QED) is 0.729. The van der Waals surface area contributed by atoms with Crippen LogP contribution in [-0.2, 0) is 20.9 Å². The monoisotopic (exact) mass is 394 g/mol. The van der Waals surface area contributed by atoms with Gasteiger partial charge in [0.1, 0.15) is 11.4 Å². The van der Waals surface area contributed by atoms with Gasteiger partial charge >= 0.3 is 6.18 Å². The minimum absolute atomic E-state index is 0.00204. The van der Waals surface area contributed by atoms with E-state index in [1.807, 2.05) is 0 Å². The number of rotatable bonds is 7. The van der Waals surface area contributed by atoms with Crippen LogP contribution in [0.1, 0.15) is 11.3 Å². The number of hydrogen-bond acceptors (Lipinski definition) is 8. The van der Waals surface area contributed by atoms with Crippen molar-refractivity contribution in [2.24, 2.45) is 0 Å². The minimum atomic E-state index is -4.60. The highest BCUT2D eigenvalue weighted by atomic mass is 32.2. The molecule has 0 aliphatic carbocycles. The molecule has 0 spiro atoms. The Balaban J connectivity index is 2.30. The summed E-state index contributed by atoms with van der Waals surface area (Å²) in [5.74, 6) is -0.821. The molecule has 13 heteroatoms. The minimum Gasteiger partial charge on any atom is -0.384 e. The first-order valence-corrected chi connectivity index (χ1v) is 8.87. The van der Waals surface area contributed by atoms with Crippen molar-refractivity contribution in [3.8, 4) is 0 Å². The molecule has 0 bridgehead atoms. The summed E-state index contributed by atoms with van der Waals surface area (Å²) in [7, 11) is -1.05. The first kappa shape index (κ1) is 19.9. The van der Waals surface area contributed by atoms with Gasteiger partial charge in [-0.25, -0.2) is 13.4 Å². The topological polar surface area (TPSA) is 111 Å². The third kappa shape index (κ3) is 4.22.